The average molecular weight is 560 g/mol. The summed E-state index contributed by atoms with van der Waals surface area (Å²) in [6.45, 7) is 0. The molecule has 0 amide bonds. The first-order chi connectivity index (χ1) is 17.8. The van der Waals surface area contributed by atoms with Gasteiger partial charge in [0.2, 0.25) is 0 Å². The predicted molar refractivity (Wildman–Crippen MR) is 137 cm³/mol. The van der Waals surface area contributed by atoms with E-state index in [1.165, 1.54) is 48.5 Å². The normalized spacial score (nSPS) is 14.6. The highest BCUT2D eigenvalue weighted by Gasteiger charge is 2.31. The molecule has 0 saturated carbocycles. The van der Waals surface area contributed by atoms with E-state index in [4.69, 9.17) is 0 Å². The van der Waals surface area contributed by atoms with Gasteiger partial charge < -0.3 is 10.4 Å². The number of hydrogen-bond acceptors (Lipinski definition) is 7. The summed E-state index contributed by atoms with van der Waals surface area (Å²) in [6.07, 6.45) is 1.91. The smallest absolute Gasteiger partial charge is 0.286 e. The van der Waals surface area contributed by atoms with Gasteiger partial charge in [0.15, 0.2) is 15.7 Å². The molecule has 2 N–H and O–H groups in total. The Morgan fingerprint density at radius 2 is 1.66 bits per heavy atom. The van der Waals surface area contributed by atoms with Gasteiger partial charge in [0.25, 0.3) is 15.6 Å². The van der Waals surface area contributed by atoms with Crippen molar-refractivity contribution in [1.29, 1.82) is 0 Å². The second-order valence-electron chi connectivity index (χ2n) is 8.85. The molecule has 2 aromatic carbocycles. The largest absolute Gasteiger partial charge is 0.507 e. The standard InChI is InChI=1S/C25H19F2N3O6S2/c1-37(33,34)13-15-4-8-19-21(11-15)38(35,36)29-24(28-19)22-23(31)18(10-14-2-5-16(26)6-3-14)20-9-7-17(27)12-30(20)25(22)32/h2-9,11-12,31H,10,13H2,1H3,(H,28,29). The van der Waals surface area contributed by atoms with E-state index in [0.717, 1.165) is 22.9 Å². The minimum atomic E-state index is -4.43. The number of nitrogens with zero attached hydrogens (tertiary/aromatic N) is 2. The third-order valence-electron chi connectivity index (χ3n) is 5.93. The zero-order valence-corrected chi connectivity index (χ0v) is 21.3. The number of aromatic nitrogens is 1. The van der Waals surface area contributed by atoms with Gasteiger partial charge in [-0.3, -0.25) is 9.20 Å². The molecule has 1 aliphatic heterocycles. The summed E-state index contributed by atoms with van der Waals surface area (Å²) in [4.78, 5) is 13.1. The van der Waals surface area contributed by atoms with Crippen LogP contribution in [0.15, 0.2) is 74.9 Å². The number of amidine groups is 1. The second-order valence-corrected chi connectivity index (χ2v) is 12.6. The van der Waals surface area contributed by atoms with Crippen LogP contribution >= 0.6 is 0 Å². The molecule has 0 fully saturated rings. The predicted octanol–water partition coefficient (Wildman–Crippen LogP) is 2.98. The number of aromatic hydroxyl groups is 1. The Morgan fingerprint density at radius 3 is 2.34 bits per heavy atom. The lowest BCUT2D eigenvalue weighted by molar-refractivity contribution is 0.467. The number of nitrogens with one attached hydrogen (secondary N) is 1. The molecule has 4 aromatic rings. The van der Waals surface area contributed by atoms with Gasteiger partial charge in [0.1, 0.15) is 27.8 Å². The number of anilines is 1. The Balaban J connectivity index is 1.70. The third kappa shape index (κ3) is 4.77. The number of hydrogen-bond donors (Lipinski definition) is 2. The van der Waals surface area contributed by atoms with Crippen LogP contribution in [0.5, 0.6) is 5.75 Å². The minimum Gasteiger partial charge on any atom is -0.507 e. The molecule has 0 bridgehead atoms. The Labute approximate surface area is 215 Å². The molecule has 13 heteroatoms. The first-order valence-electron chi connectivity index (χ1n) is 11.1. The third-order valence-corrected chi connectivity index (χ3v) is 8.10. The fourth-order valence-electron chi connectivity index (χ4n) is 4.28. The Bertz CT molecular complexity index is 1930. The van der Waals surface area contributed by atoms with Crippen LogP contribution in [0.25, 0.3) is 5.52 Å². The van der Waals surface area contributed by atoms with Crippen molar-refractivity contribution in [3.05, 3.63) is 105 Å². The summed E-state index contributed by atoms with van der Waals surface area (Å²) in [5.74, 6) is -2.69. The van der Waals surface area contributed by atoms with E-state index in [1.54, 1.807) is 0 Å². The lowest BCUT2D eigenvalue weighted by Gasteiger charge is -2.21. The summed E-state index contributed by atoms with van der Waals surface area (Å²) < 4.78 is 81.6. The minimum absolute atomic E-state index is 0.00000564. The molecular weight excluding hydrogens is 540 g/mol. The molecule has 0 radical (unpaired) electrons. The Kier molecular flexibility index (Phi) is 6.07. The van der Waals surface area contributed by atoms with E-state index in [2.05, 4.69) is 9.71 Å². The fraction of sp³-hybridized carbons (Fsp3) is 0.120. The van der Waals surface area contributed by atoms with Crippen molar-refractivity contribution in [3.8, 4) is 5.75 Å². The van der Waals surface area contributed by atoms with Gasteiger partial charge in [-0.2, -0.15) is 8.42 Å². The van der Waals surface area contributed by atoms with Crippen LogP contribution in [0, 0.1) is 11.6 Å². The lowest BCUT2D eigenvalue weighted by atomic mass is 10.00. The van der Waals surface area contributed by atoms with Crippen molar-refractivity contribution in [1.82, 2.24) is 4.40 Å². The van der Waals surface area contributed by atoms with Crippen LogP contribution < -0.4 is 10.9 Å². The number of pyridine rings is 2. The molecule has 1 aliphatic rings. The number of rotatable bonds is 5. The summed E-state index contributed by atoms with van der Waals surface area (Å²) in [6, 6.07) is 11.7. The maximum Gasteiger partial charge on any atom is 0.286 e. The van der Waals surface area contributed by atoms with Crippen molar-refractivity contribution in [2.45, 2.75) is 17.1 Å². The highest BCUT2D eigenvalue weighted by molar-refractivity contribution is 7.90. The first kappa shape index (κ1) is 25.5. The molecule has 2 aromatic heterocycles. The topological polar surface area (TPSA) is 134 Å². The Hall–Kier alpha value is -4.10. The molecule has 5 rings (SSSR count). The van der Waals surface area contributed by atoms with Gasteiger partial charge in [-0.05, 0) is 47.5 Å². The van der Waals surface area contributed by atoms with E-state index in [0.29, 0.717) is 5.56 Å². The number of sulfone groups is 1. The molecule has 0 saturated heterocycles. The number of sulfonamides is 1. The van der Waals surface area contributed by atoms with Crippen molar-refractivity contribution < 1.29 is 30.7 Å². The van der Waals surface area contributed by atoms with E-state index >= 15 is 0 Å². The van der Waals surface area contributed by atoms with Crippen LogP contribution in [0.3, 0.4) is 0 Å². The quantitative estimate of drug-likeness (QED) is 0.384. The number of halogens is 2. The van der Waals surface area contributed by atoms with E-state index in [9.17, 15) is 35.5 Å². The second kappa shape index (κ2) is 9.03. The van der Waals surface area contributed by atoms with Crippen LogP contribution in [-0.4, -0.2) is 38.4 Å². The van der Waals surface area contributed by atoms with Crippen molar-refractivity contribution in [2.24, 2.45) is 4.40 Å². The van der Waals surface area contributed by atoms with E-state index < -0.39 is 60.0 Å². The van der Waals surface area contributed by atoms with Crippen LogP contribution in [0.1, 0.15) is 22.3 Å². The van der Waals surface area contributed by atoms with Gasteiger partial charge in [-0.15, -0.1) is 4.40 Å². The zero-order valence-electron chi connectivity index (χ0n) is 19.6. The molecule has 9 nitrogen and oxygen atoms in total. The van der Waals surface area contributed by atoms with Crippen molar-refractivity contribution in [3.63, 3.8) is 0 Å². The molecule has 38 heavy (non-hydrogen) atoms. The molecule has 0 aliphatic carbocycles. The summed E-state index contributed by atoms with van der Waals surface area (Å²) >= 11 is 0. The number of benzene rings is 2. The maximum absolute atomic E-state index is 14.1. The van der Waals surface area contributed by atoms with Gasteiger partial charge >= 0.3 is 0 Å². The Morgan fingerprint density at radius 1 is 1.00 bits per heavy atom. The highest BCUT2D eigenvalue weighted by Crippen LogP contribution is 2.33. The molecular formula is C25H19F2N3O6S2. The fourth-order valence-corrected chi connectivity index (χ4v) is 6.24. The number of fused-ring (bicyclic) bond motifs is 2. The average Bonchev–Trinajstić information content (AvgIpc) is 2.82. The molecule has 0 atom stereocenters. The first-order valence-corrected chi connectivity index (χ1v) is 14.6. The van der Waals surface area contributed by atoms with Gasteiger partial charge in [0, 0.05) is 24.4 Å². The summed E-state index contributed by atoms with van der Waals surface area (Å²) in [5.41, 5.74) is -0.337. The van der Waals surface area contributed by atoms with Gasteiger partial charge in [0.05, 0.1) is 17.0 Å². The van der Waals surface area contributed by atoms with Gasteiger partial charge in [-0.1, -0.05) is 18.2 Å². The monoisotopic (exact) mass is 559 g/mol. The van der Waals surface area contributed by atoms with Crippen molar-refractivity contribution in [2.75, 3.05) is 11.6 Å². The summed E-state index contributed by atoms with van der Waals surface area (Å²) in [5, 5.41) is 14.0. The van der Waals surface area contributed by atoms with Gasteiger partial charge in [-0.25, -0.2) is 17.2 Å². The van der Waals surface area contributed by atoms with E-state index in [1.807, 2.05) is 0 Å². The van der Waals surface area contributed by atoms with Crippen LogP contribution in [0.2, 0.25) is 0 Å². The van der Waals surface area contributed by atoms with E-state index in [-0.39, 0.29) is 33.6 Å². The molecule has 0 unspecified atom stereocenters. The maximum atomic E-state index is 14.1. The van der Waals surface area contributed by atoms with Crippen LogP contribution in [0.4, 0.5) is 14.5 Å². The highest BCUT2D eigenvalue weighted by atomic mass is 32.2. The zero-order chi connectivity index (χ0) is 27.4. The van der Waals surface area contributed by atoms with Crippen LogP contribution in [-0.2, 0) is 32.0 Å². The molecule has 196 valence electrons. The lowest BCUT2D eigenvalue weighted by Crippen LogP contribution is -2.31. The summed E-state index contributed by atoms with van der Waals surface area (Å²) in [7, 11) is -7.88. The SMILES string of the molecule is CS(=O)(=O)Cc1ccc2c(c1)S(=O)(=O)N=C(c1c(O)c(Cc3ccc(F)cc3)c3ccc(F)cn3c1=O)N2. The molecule has 3 heterocycles. The molecule has 0 spiro atoms. The van der Waals surface area contributed by atoms with Crippen molar-refractivity contribution >= 4 is 36.9 Å².